The molecule has 23 heavy (non-hydrogen) atoms. The van der Waals surface area contributed by atoms with E-state index in [1.54, 1.807) is 7.11 Å². The maximum Gasteiger partial charge on any atom is 0.303 e. The zero-order valence-corrected chi connectivity index (χ0v) is 13.8. The highest BCUT2D eigenvalue weighted by Crippen LogP contribution is 2.25. The number of ether oxygens (including phenoxy) is 2. The van der Waals surface area contributed by atoms with Gasteiger partial charge >= 0.3 is 5.97 Å². The molecule has 0 heterocycles. The van der Waals surface area contributed by atoms with E-state index < -0.39 is 5.97 Å². The number of hydrogen-bond acceptors (Lipinski definition) is 4. The van der Waals surface area contributed by atoms with Crippen LogP contribution in [0.15, 0.2) is 18.2 Å². The van der Waals surface area contributed by atoms with Crippen LogP contribution >= 0.6 is 0 Å². The van der Waals surface area contributed by atoms with Gasteiger partial charge in [0.1, 0.15) is 11.5 Å². The van der Waals surface area contributed by atoms with E-state index in [1.165, 1.54) is 0 Å². The second-order valence-electron chi connectivity index (χ2n) is 5.17. The monoisotopic (exact) mass is 323 g/mol. The normalized spacial score (nSPS) is 10.2. The van der Waals surface area contributed by atoms with Gasteiger partial charge in [0, 0.05) is 19.0 Å². The van der Waals surface area contributed by atoms with Crippen molar-refractivity contribution in [3.63, 3.8) is 0 Å². The van der Waals surface area contributed by atoms with Gasteiger partial charge in [0.2, 0.25) is 5.91 Å². The molecule has 6 nitrogen and oxygen atoms in total. The number of benzene rings is 1. The molecule has 1 rings (SSSR count). The largest absolute Gasteiger partial charge is 0.497 e. The summed E-state index contributed by atoms with van der Waals surface area (Å²) in [5.41, 5.74) is 0.987. The van der Waals surface area contributed by atoms with Crippen LogP contribution in [0.5, 0.6) is 11.5 Å². The molecule has 0 radical (unpaired) electrons. The number of carboxylic acid groups (broad SMARTS) is 1. The summed E-state index contributed by atoms with van der Waals surface area (Å²) in [6.45, 7) is 3.18. The molecule has 6 heteroatoms. The van der Waals surface area contributed by atoms with Gasteiger partial charge in [0.25, 0.3) is 0 Å². The Morgan fingerprint density at radius 3 is 2.70 bits per heavy atom. The Balaban J connectivity index is 2.53. The van der Waals surface area contributed by atoms with Crippen LogP contribution in [-0.4, -0.2) is 37.2 Å². The molecule has 0 spiro atoms. The Hall–Kier alpha value is -2.24. The van der Waals surface area contributed by atoms with Crippen molar-refractivity contribution in [2.24, 2.45) is 0 Å². The van der Waals surface area contributed by atoms with Gasteiger partial charge in [-0.05, 0) is 24.5 Å². The van der Waals surface area contributed by atoms with Gasteiger partial charge in [-0.3, -0.25) is 9.59 Å². The van der Waals surface area contributed by atoms with Crippen LogP contribution in [-0.2, 0) is 16.0 Å². The van der Waals surface area contributed by atoms with Crippen LogP contribution in [0.25, 0.3) is 0 Å². The number of unbranched alkanes of at least 4 members (excludes halogenated alkanes) is 1. The van der Waals surface area contributed by atoms with Crippen molar-refractivity contribution in [2.75, 3.05) is 20.3 Å². The molecule has 0 atom stereocenters. The van der Waals surface area contributed by atoms with Gasteiger partial charge in [-0.2, -0.15) is 0 Å². The highest BCUT2D eigenvalue weighted by molar-refractivity contribution is 5.80. The minimum absolute atomic E-state index is 0.00218. The number of rotatable bonds is 11. The van der Waals surface area contributed by atoms with Gasteiger partial charge in [-0.15, -0.1) is 0 Å². The number of amides is 1. The predicted octanol–water partition coefficient (Wildman–Crippen LogP) is 2.40. The minimum atomic E-state index is -0.970. The van der Waals surface area contributed by atoms with E-state index in [4.69, 9.17) is 14.6 Å². The van der Waals surface area contributed by atoms with Crippen LogP contribution < -0.4 is 14.8 Å². The SMILES string of the molecule is CCCCOc1cc(OC)ccc1CCNC(=O)CCC(=O)O. The molecule has 0 fully saturated rings. The predicted molar refractivity (Wildman–Crippen MR) is 87.0 cm³/mol. The van der Waals surface area contributed by atoms with Crippen molar-refractivity contribution in [1.29, 1.82) is 0 Å². The molecular formula is C17H25NO5. The number of carboxylic acids is 1. The first kappa shape index (κ1) is 18.8. The number of methoxy groups -OCH3 is 1. The van der Waals surface area contributed by atoms with Gasteiger partial charge in [-0.1, -0.05) is 19.4 Å². The van der Waals surface area contributed by atoms with Crippen molar-refractivity contribution in [2.45, 2.75) is 39.0 Å². The molecule has 1 amide bonds. The number of carbonyl (C=O) groups is 2. The fourth-order valence-corrected chi connectivity index (χ4v) is 1.97. The van der Waals surface area contributed by atoms with Crippen LogP contribution in [0.4, 0.5) is 0 Å². The summed E-state index contributed by atoms with van der Waals surface area (Å²) in [6, 6.07) is 5.62. The number of carbonyl (C=O) groups excluding carboxylic acids is 1. The third kappa shape index (κ3) is 7.54. The van der Waals surface area contributed by atoms with Crippen molar-refractivity contribution in [1.82, 2.24) is 5.32 Å². The zero-order chi connectivity index (χ0) is 17.1. The molecule has 0 aliphatic rings. The topological polar surface area (TPSA) is 84.9 Å². The van der Waals surface area contributed by atoms with Crippen molar-refractivity contribution < 1.29 is 24.2 Å². The average Bonchev–Trinajstić information content (AvgIpc) is 2.54. The lowest BCUT2D eigenvalue weighted by Gasteiger charge is -2.13. The van der Waals surface area contributed by atoms with Crippen molar-refractivity contribution in [3.05, 3.63) is 23.8 Å². The third-order valence-corrected chi connectivity index (χ3v) is 3.31. The van der Waals surface area contributed by atoms with E-state index in [9.17, 15) is 9.59 Å². The molecule has 1 aromatic carbocycles. The second-order valence-corrected chi connectivity index (χ2v) is 5.17. The summed E-state index contributed by atoms with van der Waals surface area (Å²) in [5, 5.41) is 11.3. The summed E-state index contributed by atoms with van der Waals surface area (Å²) < 4.78 is 11.0. The molecular weight excluding hydrogens is 298 g/mol. The molecule has 128 valence electrons. The van der Waals surface area contributed by atoms with Gasteiger partial charge in [-0.25, -0.2) is 0 Å². The lowest BCUT2D eigenvalue weighted by atomic mass is 10.1. The van der Waals surface area contributed by atoms with E-state index in [0.29, 0.717) is 19.6 Å². The Morgan fingerprint density at radius 1 is 1.26 bits per heavy atom. The fourth-order valence-electron chi connectivity index (χ4n) is 1.97. The van der Waals surface area contributed by atoms with E-state index in [2.05, 4.69) is 12.2 Å². The summed E-state index contributed by atoms with van der Waals surface area (Å²) in [7, 11) is 1.60. The number of aliphatic carboxylic acids is 1. The Morgan fingerprint density at radius 2 is 2.04 bits per heavy atom. The van der Waals surface area contributed by atoms with Gasteiger partial charge in [0.15, 0.2) is 0 Å². The van der Waals surface area contributed by atoms with E-state index in [-0.39, 0.29) is 18.7 Å². The molecule has 0 aliphatic heterocycles. The highest BCUT2D eigenvalue weighted by atomic mass is 16.5. The van der Waals surface area contributed by atoms with E-state index in [1.807, 2.05) is 18.2 Å². The Labute approximate surface area is 136 Å². The lowest BCUT2D eigenvalue weighted by Crippen LogP contribution is -2.26. The minimum Gasteiger partial charge on any atom is -0.497 e. The maximum absolute atomic E-state index is 11.5. The summed E-state index contributed by atoms with van der Waals surface area (Å²) in [6.07, 6.45) is 2.49. The second kappa shape index (κ2) is 10.5. The summed E-state index contributed by atoms with van der Waals surface area (Å²) in [4.78, 5) is 21.9. The van der Waals surface area contributed by atoms with Crippen molar-refractivity contribution in [3.8, 4) is 11.5 Å². The maximum atomic E-state index is 11.5. The van der Waals surface area contributed by atoms with Gasteiger partial charge < -0.3 is 19.9 Å². The third-order valence-electron chi connectivity index (χ3n) is 3.31. The molecule has 0 saturated carbocycles. The molecule has 0 unspecified atom stereocenters. The molecule has 0 aliphatic carbocycles. The highest BCUT2D eigenvalue weighted by Gasteiger charge is 2.08. The molecule has 2 N–H and O–H groups in total. The smallest absolute Gasteiger partial charge is 0.303 e. The van der Waals surface area contributed by atoms with Gasteiger partial charge in [0.05, 0.1) is 20.1 Å². The molecule has 0 saturated heterocycles. The number of nitrogens with one attached hydrogen (secondary N) is 1. The summed E-state index contributed by atoms with van der Waals surface area (Å²) >= 11 is 0. The lowest BCUT2D eigenvalue weighted by molar-refractivity contribution is -0.138. The Bertz CT molecular complexity index is 516. The fraction of sp³-hybridized carbons (Fsp3) is 0.529. The first-order valence-corrected chi connectivity index (χ1v) is 7.85. The van der Waals surface area contributed by atoms with Crippen LogP contribution in [0.3, 0.4) is 0 Å². The van der Waals surface area contributed by atoms with Crippen LogP contribution in [0.2, 0.25) is 0 Å². The Kier molecular flexibility index (Phi) is 8.57. The molecule has 1 aromatic rings. The first-order valence-electron chi connectivity index (χ1n) is 7.85. The van der Waals surface area contributed by atoms with Crippen molar-refractivity contribution >= 4 is 11.9 Å². The summed E-state index contributed by atoms with van der Waals surface area (Å²) in [5.74, 6) is 0.264. The van der Waals surface area contributed by atoms with Crippen LogP contribution in [0, 0.1) is 0 Å². The quantitative estimate of drug-likeness (QED) is 0.611. The number of hydrogen-bond donors (Lipinski definition) is 2. The van der Waals surface area contributed by atoms with E-state index in [0.717, 1.165) is 29.9 Å². The molecule has 0 aromatic heterocycles. The first-order chi connectivity index (χ1) is 11.1. The zero-order valence-electron chi connectivity index (χ0n) is 13.8. The standard InChI is InChI=1S/C17H25NO5/c1-3-4-11-23-15-12-14(22-2)6-5-13(15)9-10-18-16(19)7-8-17(20)21/h5-6,12H,3-4,7-11H2,1-2H3,(H,18,19)(H,20,21). The van der Waals surface area contributed by atoms with E-state index >= 15 is 0 Å². The van der Waals surface area contributed by atoms with Crippen LogP contribution in [0.1, 0.15) is 38.2 Å². The average molecular weight is 323 g/mol. The molecule has 0 bridgehead atoms.